The first-order valence-corrected chi connectivity index (χ1v) is 12.9. The fraction of sp³-hybridized carbons (Fsp3) is 0.538. The highest BCUT2D eigenvalue weighted by Gasteiger charge is 2.37. The number of fused-ring (bicyclic) bond motifs is 3. The van der Waals surface area contributed by atoms with Crippen LogP contribution in [0.3, 0.4) is 0 Å². The van der Waals surface area contributed by atoms with Crippen LogP contribution in [-0.2, 0) is 4.74 Å². The molecule has 5 rings (SSSR count). The molecule has 0 amide bonds. The Kier molecular flexibility index (Phi) is 7.39. The number of hydrogen-bond donors (Lipinski definition) is 0. The fourth-order valence-corrected chi connectivity index (χ4v) is 6.01. The van der Waals surface area contributed by atoms with Crippen molar-refractivity contribution in [3.05, 3.63) is 59.2 Å². The molecule has 0 saturated carbocycles. The van der Waals surface area contributed by atoms with Crippen molar-refractivity contribution in [2.75, 3.05) is 52.5 Å². The molecule has 2 aromatic rings. The summed E-state index contributed by atoms with van der Waals surface area (Å²) in [5.41, 5.74) is -0.606. The molecule has 3 aliphatic heterocycles. The fourth-order valence-electron chi connectivity index (χ4n) is 5.47. The van der Waals surface area contributed by atoms with Crippen LogP contribution < -0.4 is 4.74 Å². The Hall–Kier alpha value is -1.74. The third kappa shape index (κ3) is 5.73. The second-order valence-electron chi connectivity index (χ2n) is 9.27. The number of ether oxygens (including phenoxy) is 2. The van der Waals surface area contributed by atoms with Gasteiger partial charge in [0.15, 0.2) is 0 Å². The van der Waals surface area contributed by atoms with Gasteiger partial charge in [0.2, 0.25) is 0 Å². The highest BCUT2D eigenvalue weighted by Crippen LogP contribution is 2.46. The molecule has 8 heteroatoms. The summed E-state index contributed by atoms with van der Waals surface area (Å²) in [7, 11) is 0. The molecule has 2 atom stereocenters. The van der Waals surface area contributed by atoms with Crippen LogP contribution in [0.5, 0.6) is 5.75 Å². The minimum Gasteiger partial charge on any atom is -0.494 e. The van der Waals surface area contributed by atoms with E-state index in [1.165, 1.54) is 17.5 Å². The average molecular weight is 493 g/mol. The third-order valence-electron chi connectivity index (χ3n) is 7.08. The van der Waals surface area contributed by atoms with Gasteiger partial charge in [-0.25, -0.2) is 0 Å². The molecule has 2 aromatic carbocycles. The van der Waals surface area contributed by atoms with Gasteiger partial charge in [-0.05, 0) is 78.5 Å². The van der Waals surface area contributed by atoms with E-state index in [-0.39, 0.29) is 22.6 Å². The SMILES string of the molecule is FC(F)(F)Sc1ccc(C2CN3CCCC3c3cc(OCCCN4CCOCC4)ccc32)cc1. The van der Waals surface area contributed by atoms with Crippen molar-refractivity contribution >= 4 is 11.8 Å². The Bertz CT molecular complexity index is 964. The molecule has 0 spiro atoms. The van der Waals surface area contributed by atoms with E-state index in [0.717, 1.165) is 70.1 Å². The van der Waals surface area contributed by atoms with E-state index in [4.69, 9.17) is 9.47 Å². The minimum atomic E-state index is -4.26. The summed E-state index contributed by atoms with van der Waals surface area (Å²) in [6.07, 6.45) is 3.29. The Labute approximate surface area is 203 Å². The molecule has 3 aliphatic rings. The van der Waals surface area contributed by atoms with Gasteiger partial charge in [-0.3, -0.25) is 9.80 Å². The van der Waals surface area contributed by atoms with Gasteiger partial charge in [0, 0.05) is 43.0 Å². The van der Waals surface area contributed by atoms with Crippen molar-refractivity contribution in [1.82, 2.24) is 9.80 Å². The van der Waals surface area contributed by atoms with E-state index in [9.17, 15) is 13.2 Å². The number of benzene rings is 2. The quantitative estimate of drug-likeness (QED) is 0.366. The van der Waals surface area contributed by atoms with Crippen LogP contribution in [0.4, 0.5) is 13.2 Å². The van der Waals surface area contributed by atoms with Crippen LogP contribution in [-0.4, -0.2) is 67.9 Å². The zero-order valence-electron chi connectivity index (χ0n) is 19.2. The van der Waals surface area contributed by atoms with Crippen molar-refractivity contribution in [2.45, 2.75) is 41.6 Å². The molecular formula is C26H31F3N2O2S. The second-order valence-corrected chi connectivity index (χ2v) is 10.4. The molecule has 4 nitrogen and oxygen atoms in total. The van der Waals surface area contributed by atoms with Crippen LogP contribution in [0.2, 0.25) is 0 Å². The maximum Gasteiger partial charge on any atom is 0.446 e. The molecule has 2 saturated heterocycles. The summed E-state index contributed by atoms with van der Waals surface area (Å²) in [4.78, 5) is 5.17. The Morgan fingerprint density at radius 2 is 1.79 bits per heavy atom. The first kappa shape index (κ1) is 24.0. The third-order valence-corrected chi connectivity index (χ3v) is 7.82. The molecule has 0 radical (unpaired) electrons. The van der Waals surface area contributed by atoms with Gasteiger partial charge in [-0.15, -0.1) is 0 Å². The average Bonchev–Trinajstić information content (AvgIpc) is 3.31. The maximum atomic E-state index is 12.7. The molecule has 34 heavy (non-hydrogen) atoms. The lowest BCUT2D eigenvalue weighted by Gasteiger charge is -2.37. The van der Waals surface area contributed by atoms with Crippen LogP contribution in [0.25, 0.3) is 0 Å². The van der Waals surface area contributed by atoms with E-state index in [0.29, 0.717) is 12.6 Å². The molecule has 2 unspecified atom stereocenters. The lowest BCUT2D eigenvalue weighted by Crippen LogP contribution is -2.37. The summed E-state index contributed by atoms with van der Waals surface area (Å²) in [5.74, 6) is 1.06. The lowest BCUT2D eigenvalue weighted by atomic mass is 9.81. The maximum absolute atomic E-state index is 12.7. The smallest absolute Gasteiger partial charge is 0.446 e. The topological polar surface area (TPSA) is 24.9 Å². The molecular weight excluding hydrogens is 461 g/mol. The zero-order valence-corrected chi connectivity index (χ0v) is 20.0. The van der Waals surface area contributed by atoms with E-state index in [1.54, 1.807) is 12.1 Å². The summed E-state index contributed by atoms with van der Waals surface area (Å²) in [6, 6.07) is 13.7. The highest BCUT2D eigenvalue weighted by atomic mass is 32.2. The summed E-state index contributed by atoms with van der Waals surface area (Å²) < 4.78 is 49.7. The van der Waals surface area contributed by atoms with Gasteiger partial charge in [0.1, 0.15) is 5.75 Å². The van der Waals surface area contributed by atoms with Gasteiger partial charge in [-0.1, -0.05) is 18.2 Å². The van der Waals surface area contributed by atoms with Crippen LogP contribution in [0.15, 0.2) is 47.4 Å². The van der Waals surface area contributed by atoms with E-state index in [2.05, 4.69) is 28.0 Å². The van der Waals surface area contributed by atoms with E-state index in [1.807, 2.05) is 12.1 Å². The van der Waals surface area contributed by atoms with Crippen molar-refractivity contribution in [3.63, 3.8) is 0 Å². The normalized spacial score (nSPS) is 23.5. The highest BCUT2D eigenvalue weighted by molar-refractivity contribution is 8.00. The van der Waals surface area contributed by atoms with Gasteiger partial charge in [0.05, 0.1) is 19.8 Å². The number of alkyl halides is 3. The Balaban J connectivity index is 1.28. The largest absolute Gasteiger partial charge is 0.494 e. The molecule has 0 bridgehead atoms. The standard InChI is InChI=1S/C26H31F3N2O2S/c27-26(28,29)34-21-7-4-19(5-8-21)24-18-31-11-1-3-25(31)23-17-20(6-9-22(23)24)33-14-2-10-30-12-15-32-16-13-30/h4-9,17,24-25H,1-3,10-16,18H2. The summed E-state index contributed by atoms with van der Waals surface area (Å²) >= 11 is -0.0587. The molecule has 2 fully saturated rings. The lowest BCUT2D eigenvalue weighted by molar-refractivity contribution is -0.0328. The van der Waals surface area contributed by atoms with Crippen LogP contribution >= 0.6 is 11.8 Å². The Morgan fingerprint density at radius 3 is 2.56 bits per heavy atom. The van der Waals surface area contributed by atoms with E-state index >= 15 is 0 Å². The molecule has 184 valence electrons. The second kappa shape index (κ2) is 10.5. The van der Waals surface area contributed by atoms with Gasteiger partial charge in [0.25, 0.3) is 0 Å². The first-order chi connectivity index (χ1) is 16.5. The number of morpholine rings is 1. The Morgan fingerprint density at radius 1 is 1.00 bits per heavy atom. The van der Waals surface area contributed by atoms with Crippen LogP contribution in [0.1, 0.15) is 47.9 Å². The number of halogens is 3. The number of hydrogen-bond acceptors (Lipinski definition) is 5. The summed E-state index contributed by atoms with van der Waals surface area (Å²) in [6.45, 7) is 7.29. The van der Waals surface area contributed by atoms with Crippen molar-refractivity contribution < 1.29 is 22.6 Å². The first-order valence-electron chi connectivity index (χ1n) is 12.1. The molecule has 0 N–H and O–H groups in total. The van der Waals surface area contributed by atoms with Crippen molar-refractivity contribution in [2.24, 2.45) is 0 Å². The predicted molar refractivity (Wildman–Crippen MR) is 128 cm³/mol. The van der Waals surface area contributed by atoms with Crippen molar-refractivity contribution in [1.29, 1.82) is 0 Å². The number of thioether (sulfide) groups is 1. The molecule has 0 aliphatic carbocycles. The zero-order chi connectivity index (χ0) is 23.5. The molecule has 3 heterocycles. The monoisotopic (exact) mass is 492 g/mol. The number of nitrogens with zero attached hydrogens (tertiary/aromatic N) is 2. The van der Waals surface area contributed by atoms with E-state index < -0.39 is 5.51 Å². The number of rotatable bonds is 7. The van der Waals surface area contributed by atoms with Crippen LogP contribution in [0, 0.1) is 0 Å². The van der Waals surface area contributed by atoms with Gasteiger partial charge in [-0.2, -0.15) is 13.2 Å². The van der Waals surface area contributed by atoms with Crippen molar-refractivity contribution in [3.8, 4) is 5.75 Å². The summed E-state index contributed by atoms with van der Waals surface area (Å²) in [5, 5.41) is 0. The molecule has 0 aromatic heterocycles. The van der Waals surface area contributed by atoms with Gasteiger partial charge < -0.3 is 9.47 Å². The van der Waals surface area contributed by atoms with Gasteiger partial charge >= 0.3 is 5.51 Å². The minimum absolute atomic E-state index is 0.0587. The predicted octanol–water partition coefficient (Wildman–Crippen LogP) is 5.68.